The Hall–Kier alpha value is -0.0800. The van der Waals surface area contributed by atoms with Gasteiger partial charge in [-0.1, -0.05) is 20.8 Å². The number of hydrogen-bond donors (Lipinski definition) is 0. The van der Waals surface area contributed by atoms with E-state index in [2.05, 4.69) is 18.9 Å². The Kier molecular flexibility index (Phi) is 3.13. The van der Waals surface area contributed by atoms with Gasteiger partial charge in [0.2, 0.25) is 0 Å². The standard InChI is InChI=1S/C8H15NO.C2H6/c1-7-5-10-8(7)3-4-9(2)6-8;1-2/h7H,3-6H2,1-2H3;1-2H3. The van der Waals surface area contributed by atoms with Crippen LogP contribution in [0.25, 0.3) is 0 Å². The summed E-state index contributed by atoms with van der Waals surface area (Å²) in [5.41, 5.74) is 0.273. The van der Waals surface area contributed by atoms with Crippen molar-refractivity contribution >= 4 is 0 Å². The van der Waals surface area contributed by atoms with Crippen molar-refractivity contribution in [3.63, 3.8) is 0 Å². The highest BCUT2D eigenvalue weighted by Crippen LogP contribution is 2.39. The Labute approximate surface area is 75.9 Å². The van der Waals surface area contributed by atoms with Crippen LogP contribution in [0.2, 0.25) is 0 Å². The van der Waals surface area contributed by atoms with Gasteiger partial charge in [0.15, 0.2) is 0 Å². The fourth-order valence-electron chi connectivity index (χ4n) is 2.00. The largest absolute Gasteiger partial charge is 0.373 e. The van der Waals surface area contributed by atoms with Crippen molar-refractivity contribution in [3.05, 3.63) is 0 Å². The van der Waals surface area contributed by atoms with Gasteiger partial charge in [0.1, 0.15) is 0 Å². The number of likely N-dealkylation sites (N-methyl/N-ethyl adjacent to an activating group) is 1. The highest BCUT2D eigenvalue weighted by Gasteiger charge is 2.49. The average molecular weight is 171 g/mol. The van der Waals surface area contributed by atoms with E-state index in [-0.39, 0.29) is 5.60 Å². The van der Waals surface area contributed by atoms with Gasteiger partial charge < -0.3 is 9.64 Å². The van der Waals surface area contributed by atoms with Crippen molar-refractivity contribution in [1.29, 1.82) is 0 Å². The first-order valence-electron chi connectivity index (χ1n) is 5.05. The number of rotatable bonds is 0. The zero-order valence-electron chi connectivity index (χ0n) is 8.76. The normalized spacial score (nSPS) is 40.5. The van der Waals surface area contributed by atoms with E-state index < -0.39 is 0 Å². The molecule has 0 bridgehead atoms. The van der Waals surface area contributed by atoms with E-state index in [1.54, 1.807) is 0 Å². The van der Waals surface area contributed by atoms with E-state index in [4.69, 9.17) is 4.74 Å². The van der Waals surface area contributed by atoms with Gasteiger partial charge in [0.25, 0.3) is 0 Å². The van der Waals surface area contributed by atoms with Crippen LogP contribution < -0.4 is 0 Å². The molecule has 2 aliphatic heterocycles. The highest BCUT2D eigenvalue weighted by atomic mass is 16.5. The van der Waals surface area contributed by atoms with Crippen molar-refractivity contribution in [2.75, 3.05) is 26.7 Å². The molecule has 2 aliphatic rings. The summed E-state index contributed by atoms with van der Waals surface area (Å²) < 4.78 is 5.62. The second kappa shape index (κ2) is 3.75. The minimum Gasteiger partial charge on any atom is -0.373 e. The Balaban J connectivity index is 0.000000336. The van der Waals surface area contributed by atoms with Crippen molar-refractivity contribution in [1.82, 2.24) is 4.90 Å². The molecule has 0 aromatic carbocycles. The van der Waals surface area contributed by atoms with Gasteiger partial charge in [-0.3, -0.25) is 0 Å². The quantitative estimate of drug-likeness (QED) is 0.550. The van der Waals surface area contributed by atoms with Crippen LogP contribution in [0.15, 0.2) is 0 Å². The number of nitrogens with zero attached hydrogens (tertiary/aromatic N) is 1. The zero-order chi connectivity index (χ0) is 9.19. The molecule has 0 radical (unpaired) electrons. The molecule has 2 heteroatoms. The smallest absolute Gasteiger partial charge is 0.0868 e. The molecule has 2 heterocycles. The van der Waals surface area contributed by atoms with Crippen molar-refractivity contribution in [3.8, 4) is 0 Å². The highest BCUT2D eigenvalue weighted by molar-refractivity contribution is 4.99. The molecule has 0 N–H and O–H groups in total. The van der Waals surface area contributed by atoms with Crippen LogP contribution in [0, 0.1) is 5.92 Å². The van der Waals surface area contributed by atoms with Gasteiger partial charge >= 0.3 is 0 Å². The van der Waals surface area contributed by atoms with Gasteiger partial charge in [0, 0.05) is 19.0 Å². The monoisotopic (exact) mass is 171 g/mol. The van der Waals surface area contributed by atoms with Crippen molar-refractivity contribution in [2.45, 2.75) is 32.8 Å². The third kappa shape index (κ3) is 1.50. The summed E-state index contributed by atoms with van der Waals surface area (Å²) in [7, 11) is 2.17. The van der Waals surface area contributed by atoms with Gasteiger partial charge in [-0.15, -0.1) is 0 Å². The summed E-state index contributed by atoms with van der Waals surface area (Å²) in [5, 5.41) is 0. The molecule has 2 rings (SSSR count). The maximum atomic E-state index is 5.62. The van der Waals surface area contributed by atoms with Crippen LogP contribution in [0.3, 0.4) is 0 Å². The van der Waals surface area contributed by atoms with E-state index in [9.17, 15) is 0 Å². The molecule has 2 fully saturated rings. The number of ether oxygens (including phenoxy) is 1. The maximum Gasteiger partial charge on any atom is 0.0868 e. The lowest BCUT2D eigenvalue weighted by Crippen LogP contribution is -2.53. The van der Waals surface area contributed by atoms with Crippen LogP contribution in [-0.4, -0.2) is 37.2 Å². The lowest BCUT2D eigenvalue weighted by molar-refractivity contribution is -0.187. The molecule has 0 amide bonds. The lowest BCUT2D eigenvalue weighted by Gasteiger charge is -2.45. The van der Waals surface area contributed by atoms with Crippen LogP contribution in [0.5, 0.6) is 0 Å². The van der Waals surface area contributed by atoms with Crippen LogP contribution in [0.1, 0.15) is 27.2 Å². The molecular formula is C10H21NO. The fourth-order valence-corrected chi connectivity index (χ4v) is 2.00. The first kappa shape index (κ1) is 10.0. The SMILES string of the molecule is CC.CC1COC12CCN(C)C2. The fraction of sp³-hybridized carbons (Fsp3) is 1.00. The molecule has 2 atom stereocenters. The average Bonchev–Trinajstić information content (AvgIpc) is 2.51. The summed E-state index contributed by atoms with van der Waals surface area (Å²) in [5.74, 6) is 0.789. The van der Waals surface area contributed by atoms with Crippen LogP contribution in [-0.2, 0) is 4.74 Å². The van der Waals surface area contributed by atoms with E-state index in [0.717, 1.165) is 19.1 Å². The van der Waals surface area contributed by atoms with Crippen LogP contribution >= 0.6 is 0 Å². The molecule has 1 spiro atoms. The van der Waals surface area contributed by atoms with Crippen molar-refractivity contribution in [2.24, 2.45) is 5.92 Å². The van der Waals surface area contributed by atoms with Gasteiger partial charge in [-0.2, -0.15) is 0 Å². The molecule has 2 saturated heterocycles. The summed E-state index contributed by atoms with van der Waals surface area (Å²) >= 11 is 0. The number of likely N-dealkylation sites (tertiary alicyclic amines) is 1. The Bertz CT molecular complexity index is 149. The predicted octanol–water partition coefficient (Wildman–Crippen LogP) is 1.75. The van der Waals surface area contributed by atoms with E-state index in [1.807, 2.05) is 13.8 Å². The van der Waals surface area contributed by atoms with Gasteiger partial charge in [-0.05, 0) is 13.5 Å². The summed E-state index contributed by atoms with van der Waals surface area (Å²) in [4.78, 5) is 2.36. The van der Waals surface area contributed by atoms with E-state index >= 15 is 0 Å². The summed E-state index contributed by atoms with van der Waals surface area (Å²) in [6, 6.07) is 0. The Morgan fingerprint density at radius 1 is 1.42 bits per heavy atom. The lowest BCUT2D eigenvalue weighted by atomic mass is 9.83. The second-order valence-electron chi connectivity index (χ2n) is 3.76. The van der Waals surface area contributed by atoms with Gasteiger partial charge in [-0.25, -0.2) is 0 Å². The second-order valence-corrected chi connectivity index (χ2v) is 3.76. The molecule has 12 heavy (non-hydrogen) atoms. The van der Waals surface area contributed by atoms with Crippen molar-refractivity contribution < 1.29 is 4.74 Å². The minimum absolute atomic E-state index is 0.273. The maximum absolute atomic E-state index is 5.62. The van der Waals surface area contributed by atoms with Gasteiger partial charge in [0.05, 0.1) is 12.2 Å². The zero-order valence-corrected chi connectivity index (χ0v) is 8.76. The van der Waals surface area contributed by atoms with Crippen LogP contribution in [0.4, 0.5) is 0 Å². The molecule has 0 saturated carbocycles. The summed E-state index contributed by atoms with van der Waals surface area (Å²) in [6.07, 6.45) is 1.24. The Morgan fingerprint density at radius 2 is 2.08 bits per heavy atom. The molecule has 2 nitrogen and oxygen atoms in total. The van der Waals surface area contributed by atoms with E-state index in [1.165, 1.54) is 13.0 Å². The first-order chi connectivity index (χ1) is 5.73. The molecule has 0 aliphatic carbocycles. The van der Waals surface area contributed by atoms with E-state index in [0.29, 0.717) is 0 Å². The third-order valence-electron chi connectivity index (χ3n) is 2.97. The third-order valence-corrected chi connectivity index (χ3v) is 2.97. The Morgan fingerprint density at radius 3 is 2.25 bits per heavy atom. The molecule has 0 aromatic heterocycles. The molecule has 0 aromatic rings. The predicted molar refractivity (Wildman–Crippen MR) is 51.3 cm³/mol. The molecule has 2 unspecified atom stereocenters. The number of hydrogen-bond acceptors (Lipinski definition) is 2. The molecular weight excluding hydrogens is 150 g/mol. The minimum atomic E-state index is 0.273. The first-order valence-corrected chi connectivity index (χ1v) is 5.05. The molecule has 72 valence electrons. The summed E-state index contributed by atoms with van der Waals surface area (Å²) in [6.45, 7) is 9.63. The topological polar surface area (TPSA) is 12.5 Å².